The van der Waals surface area contributed by atoms with Gasteiger partial charge < -0.3 is 10.2 Å². The number of aliphatic hydroxyl groups is 1. The fourth-order valence-electron chi connectivity index (χ4n) is 1.44. The molecule has 1 aromatic rings. The lowest BCUT2D eigenvalue weighted by atomic mass is 9.81. The molecule has 0 radical (unpaired) electrons. The highest BCUT2D eigenvalue weighted by atomic mass is 16.4. The summed E-state index contributed by atoms with van der Waals surface area (Å²) in [5.41, 5.74) is -0.114. The van der Waals surface area contributed by atoms with E-state index in [1.54, 1.807) is 13.0 Å². The Morgan fingerprint density at radius 2 is 2.00 bits per heavy atom. The number of carboxylic acid groups (broad SMARTS) is 1. The molecule has 2 N–H and O–H groups in total. The third-order valence-electron chi connectivity index (χ3n) is 3.06. The van der Waals surface area contributed by atoms with Crippen molar-refractivity contribution >= 4 is 12.0 Å². The lowest BCUT2D eigenvalue weighted by Gasteiger charge is -2.26. The number of benzene rings is 1. The van der Waals surface area contributed by atoms with E-state index in [1.165, 1.54) is 6.92 Å². The van der Waals surface area contributed by atoms with E-state index >= 15 is 0 Å². The van der Waals surface area contributed by atoms with Crippen molar-refractivity contribution in [1.29, 1.82) is 0 Å². The molecule has 0 saturated heterocycles. The molecule has 0 heterocycles. The molecule has 3 nitrogen and oxygen atoms in total. The van der Waals surface area contributed by atoms with Gasteiger partial charge in [-0.2, -0.15) is 0 Å². The third kappa shape index (κ3) is 3.43. The minimum Gasteiger partial charge on any atom is -0.481 e. The lowest BCUT2D eigenvalue weighted by Crippen LogP contribution is -2.37. The Balaban J connectivity index is 2.72. The maximum absolute atomic E-state index is 11.1. The summed E-state index contributed by atoms with van der Waals surface area (Å²) in [7, 11) is 0. The van der Waals surface area contributed by atoms with Gasteiger partial charge in [-0.1, -0.05) is 42.5 Å². The SMILES string of the molecule is CC(O)C(C)(CC=Cc1ccccc1)C(=O)O. The Bertz CT molecular complexity index is 395. The number of hydrogen-bond acceptors (Lipinski definition) is 2. The molecule has 0 bridgehead atoms. The van der Waals surface area contributed by atoms with Gasteiger partial charge in [0.2, 0.25) is 0 Å². The van der Waals surface area contributed by atoms with Crippen LogP contribution in [0.2, 0.25) is 0 Å². The molecule has 0 aromatic heterocycles. The third-order valence-corrected chi connectivity index (χ3v) is 3.06. The maximum atomic E-state index is 11.1. The van der Waals surface area contributed by atoms with Crippen LogP contribution in [0.5, 0.6) is 0 Å². The van der Waals surface area contributed by atoms with Gasteiger partial charge in [0, 0.05) is 0 Å². The molecular formula is C14H18O3. The van der Waals surface area contributed by atoms with E-state index in [1.807, 2.05) is 36.4 Å². The van der Waals surface area contributed by atoms with Crippen molar-refractivity contribution in [2.45, 2.75) is 26.4 Å². The summed E-state index contributed by atoms with van der Waals surface area (Å²) in [5, 5.41) is 18.6. The van der Waals surface area contributed by atoms with Crippen molar-refractivity contribution < 1.29 is 15.0 Å². The van der Waals surface area contributed by atoms with Crippen LogP contribution >= 0.6 is 0 Å². The Kier molecular flexibility index (Phi) is 4.46. The van der Waals surface area contributed by atoms with E-state index in [-0.39, 0.29) is 0 Å². The van der Waals surface area contributed by atoms with Gasteiger partial charge in [-0.05, 0) is 25.8 Å². The average Bonchev–Trinajstić information content (AvgIpc) is 2.29. The monoisotopic (exact) mass is 234 g/mol. The maximum Gasteiger partial charge on any atom is 0.312 e. The minimum atomic E-state index is -1.13. The molecule has 0 saturated carbocycles. The number of aliphatic hydroxyl groups excluding tert-OH is 1. The molecule has 92 valence electrons. The highest BCUT2D eigenvalue weighted by Gasteiger charge is 2.36. The summed E-state index contributed by atoms with van der Waals surface area (Å²) in [6.07, 6.45) is 3.06. The van der Waals surface area contributed by atoms with E-state index in [0.29, 0.717) is 6.42 Å². The van der Waals surface area contributed by atoms with Crippen LogP contribution in [-0.2, 0) is 4.79 Å². The number of aliphatic carboxylic acids is 1. The normalized spacial score (nSPS) is 16.6. The van der Waals surface area contributed by atoms with Crippen molar-refractivity contribution in [3.63, 3.8) is 0 Å². The number of allylic oxidation sites excluding steroid dienone is 1. The molecule has 0 aliphatic rings. The van der Waals surface area contributed by atoms with Gasteiger partial charge in [0.1, 0.15) is 0 Å². The first-order valence-corrected chi connectivity index (χ1v) is 5.60. The van der Waals surface area contributed by atoms with Crippen molar-refractivity contribution in [3.05, 3.63) is 42.0 Å². The number of rotatable bonds is 5. The van der Waals surface area contributed by atoms with Crippen molar-refractivity contribution in [2.24, 2.45) is 5.41 Å². The lowest BCUT2D eigenvalue weighted by molar-refractivity contribution is -0.153. The van der Waals surface area contributed by atoms with Gasteiger partial charge in [-0.15, -0.1) is 0 Å². The number of carboxylic acids is 1. The molecule has 17 heavy (non-hydrogen) atoms. The summed E-state index contributed by atoms with van der Waals surface area (Å²) in [5.74, 6) is -0.981. The van der Waals surface area contributed by atoms with Crippen LogP contribution in [0.4, 0.5) is 0 Å². The van der Waals surface area contributed by atoms with E-state index in [4.69, 9.17) is 5.11 Å². The molecule has 0 fully saturated rings. The second-order valence-corrected chi connectivity index (χ2v) is 4.42. The van der Waals surface area contributed by atoms with Gasteiger partial charge in [0.05, 0.1) is 11.5 Å². The van der Waals surface area contributed by atoms with E-state index in [9.17, 15) is 9.90 Å². The van der Waals surface area contributed by atoms with Gasteiger partial charge in [0.15, 0.2) is 0 Å². The predicted molar refractivity (Wildman–Crippen MR) is 67.5 cm³/mol. The van der Waals surface area contributed by atoms with Gasteiger partial charge in [-0.25, -0.2) is 0 Å². The summed E-state index contributed by atoms with van der Waals surface area (Å²) in [6, 6.07) is 9.65. The quantitative estimate of drug-likeness (QED) is 0.823. The Hall–Kier alpha value is -1.61. The first kappa shape index (κ1) is 13.5. The minimum absolute atomic E-state index is 0.300. The molecule has 0 spiro atoms. The summed E-state index contributed by atoms with van der Waals surface area (Å²) in [6.45, 7) is 3.06. The fraction of sp³-hybridized carbons (Fsp3) is 0.357. The van der Waals surface area contributed by atoms with Crippen molar-refractivity contribution in [2.75, 3.05) is 0 Å². The molecule has 3 heteroatoms. The molecule has 0 aliphatic heterocycles. The van der Waals surface area contributed by atoms with Gasteiger partial charge in [-0.3, -0.25) is 4.79 Å². The predicted octanol–water partition coefficient (Wildman–Crippen LogP) is 2.56. The molecule has 0 aliphatic carbocycles. The molecule has 1 aromatic carbocycles. The highest BCUT2D eigenvalue weighted by Crippen LogP contribution is 2.27. The van der Waals surface area contributed by atoms with Crippen LogP contribution in [0.25, 0.3) is 6.08 Å². The van der Waals surface area contributed by atoms with Gasteiger partial charge >= 0.3 is 5.97 Å². The number of hydrogen-bond donors (Lipinski definition) is 2. The molecule has 1 rings (SSSR count). The second-order valence-electron chi connectivity index (χ2n) is 4.42. The first-order valence-electron chi connectivity index (χ1n) is 5.60. The van der Waals surface area contributed by atoms with E-state index in [0.717, 1.165) is 5.56 Å². The van der Waals surface area contributed by atoms with Crippen molar-refractivity contribution in [3.8, 4) is 0 Å². The molecule has 2 unspecified atom stereocenters. The highest BCUT2D eigenvalue weighted by molar-refractivity contribution is 5.75. The van der Waals surface area contributed by atoms with E-state index in [2.05, 4.69) is 0 Å². The second kappa shape index (κ2) is 5.64. The Labute approximate surface area is 101 Å². The number of carbonyl (C=O) groups is 1. The smallest absolute Gasteiger partial charge is 0.312 e. The zero-order chi connectivity index (χ0) is 12.9. The first-order chi connectivity index (χ1) is 7.97. The zero-order valence-electron chi connectivity index (χ0n) is 10.1. The van der Waals surface area contributed by atoms with Crippen LogP contribution < -0.4 is 0 Å². The largest absolute Gasteiger partial charge is 0.481 e. The van der Waals surface area contributed by atoms with Crippen LogP contribution in [0.15, 0.2) is 36.4 Å². The van der Waals surface area contributed by atoms with Crippen LogP contribution in [0, 0.1) is 5.41 Å². The van der Waals surface area contributed by atoms with Gasteiger partial charge in [0.25, 0.3) is 0 Å². The van der Waals surface area contributed by atoms with E-state index < -0.39 is 17.5 Å². The summed E-state index contributed by atoms with van der Waals surface area (Å²) < 4.78 is 0. The topological polar surface area (TPSA) is 57.5 Å². The Morgan fingerprint density at radius 1 is 1.41 bits per heavy atom. The van der Waals surface area contributed by atoms with Crippen molar-refractivity contribution in [1.82, 2.24) is 0 Å². The summed E-state index contributed by atoms with van der Waals surface area (Å²) >= 11 is 0. The van der Waals surface area contributed by atoms with Crippen LogP contribution in [-0.4, -0.2) is 22.3 Å². The standard InChI is InChI=1S/C14H18O3/c1-11(15)14(2,13(16)17)10-6-9-12-7-4-3-5-8-12/h3-9,11,15H,10H2,1-2H3,(H,16,17). The molecule has 0 amide bonds. The molecule has 2 atom stereocenters. The Morgan fingerprint density at radius 3 is 2.47 bits per heavy atom. The van der Waals surface area contributed by atoms with Crippen LogP contribution in [0.1, 0.15) is 25.8 Å². The summed E-state index contributed by atoms with van der Waals surface area (Å²) in [4.78, 5) is 11.1. The average molecular weight is 234 g/mol. The zero-order valence-corrected chi connectivity index (χ0v) is 10.1. The molecular weight excluding hydrogens is 216 g/mol. The van der Waals surface area contributed by atoms with Crippen LogP contribution in [0.3, 0.4) is 0 Å². The fourth-order valence-corrected chi connectivity index (χ4v) is 1.44.